The van der Waals surface area contributed by atoms with Crippen LogP contribution in [0.5, 0.6) is 0 Å². The molecule has 0 radical (unpaired) electrons. The van der Waals surface area contributed by atoms with Gasteiger partial charge in [0, 0.05) is 11.6 Å². The summed E-state index contributed by atoms with van der Waals surface area (Å²) in [6.07, 6.45) is 0.342. The Labute approximate surface area is 123 Å². The average Bonchev–Trinajstić information content (AvgIpc) is 2.44. The normalized spacial score (nSPS) is 12.4. The molecule has 0 aliphatic carbocycles. The third-order valence-electron chi connectivity index (χ3n) is 3.16. The molecular weight excluding hydrogens is 331 g/mol. The second-order valence-corrected chi connectivity index (χ2v) is 5.19. The van der Waals surface area contributed by atoms with E-state index in [0.717, 1.165) is 6.07 Å². The van der Waals surface area contributed by atoms with Crippen molar-refractivity contribution in [1.82, 2.24) is 5.32 Å². The summed E-state index contributed by atoms with van der Waals surface area (Å²) in [7, 11) is 1.65. The van der Waals surface area contributed by atoms with E-state index < -0.39 is 17.7 Å². The molecule has 1 unspecified atom stereocenters. The van der Waals surface area contributed by atoms with Crippen LogP contribution in [0.4, 0.5) is 13.2 Å². The molecule has 0 aromatic heterocycles. The van der Waals surface area contributed by atoms with E-state index in [9.17, 15) is 13.2 Å². The number of likely N-dealkylation sites (N-methyl/N-ethyl adjacent to an activating group) is 1. The van der Waals surface area contributed by atoms with E-state index in [0.29, 0.717) is 16.5 Å². The highest BCUT2D eigenvalue weighted by Crippen LogP contribution is 2.27. The molecule has 0 bridgehead atoms. The zero-order valence-corrected chi connectivity index (χ0v) is 12.3. The van der Waals surface area contributed by atoms with E-state index in [1.54, 1.807) is 19.2 Å². The van der Waals surface area contributed by atoms with E-state index in [1.807, 2.05) is 0 Å². The summed E-state index contributed by atoms with van der Waals surface area (Å²) >= 11 is 3.17. The van der Waals surface area contributed by atoms with E-state index >= 15 is 0 Å². The van der Waals surface area contributed by atoms with Gasteiger partial charge in [-0.15, -0.1) is 0 Å². The van der Waals surface area contributed by atoms with Crippen LogP contribution in [0.15, 0.2) is 40.9 Å². The Morgan fingerprint density at radius 3 is 2.40 bits per heavy atom. The van der Waals surface area contributed by atoms with Gasteiger partial charge >= 0.3 is 0 Å². The molecule has 1 nitrogen and oxygen atoms in total. The molecule has 0 spiro atoms. The van der Waals surface area contributed by atoms with Crippen molar-refractivity contribution in [2.45, 2.75) is 12.5 Å². The lowest BCUT2D eigenvalue weighted by Crippen LogP contribution is -2.20. The first-order valence-electron chi connectivity index (χ1n) is 6.08. The molecule has 0 aliphatic heterocycles. The molecule has 0 fully saturated rings. The molecular formula is C15H13BrF3N. The topological polar surface area (TPSA) is 12.0 Å². The molecule has 106 valence electrons. The van der Waals surface area contributed by atoms with Crippen LogP contribution in [0.1, 0.15) is 17.2 Å². The first-order chi connectivity index (χ1) is 9.54. The molecule has 0 aliphatic rings. The Hall–Kier alpha value is -1.33. The van der Waals surface area contributed by atoms with E-state index in [2.05, 4.69) is 21.2 Å². The smallest absolute Gasteiger partial charge is 0.163 e. The van der Waals surface area contributed by atoms with Crippen LogP contribution in [0.3, 0.4) is 0 Å². The minimum atomic E-state index is -0.888. The molecule has 2 aromatic rings. The van der Waals surface area contributed by atoms with Gasteiger partial charge < -0.3 is 5.32 Å². The zero-order valence-electron chi connectivity index (χ0n) is 10.8. The van der Waals surface area contributed by atoms with Crippen molar-refractivity contribution in [2.24, 2.45) is 0 Å². The van der Waals surface area contributed by atoms with Gasteiger partial charge in [0.25, 0.3) is 0 Å². The van der Waals surface area contributed by atoms with Gasteiger partial charge in [0.1, 0.15) is 5.82 Å². The van der Waals surface area contributed by atoms with Crippen LogP contribution < -0.4 is 5.32 Å². The number of hydrogen-bond acceptors (Lipinski definition) is 1. The maximum absolute atomic E-state index is 13.8. The Morgan fingerprint density at radius 1 is 1.05 bits per heavy atom. The van der Waals surface area contributed by atoms with Crippen molar-refractivity contribution >= 4 is 15.9 Å². The van der Waals surface area contributed by atoms with Gasteiger partial charge in [-0.1, -0.05) is 24.3 Å². The Bertz CT molecular complexity index is 616. The van der Waals surface area contributed by atoms with Gasteiger partial charge in [-0.3, -0.25) is 0 Å². The fourth-order valence-corrected chi connectivity index (χ4v) is 2.51. The summed E-state index contributed by atoms with van der Waals surface area (Å²) in [6, 6.07) is 8.28. The lowest BCUT2D eigenvalue weighted by Gasteiger charge is -2.18. The summed E-state index contributed by atoms with van der Waals surface area (Å²) in [6.45, 7) is 0. The predicted octanol–water partition coefficient (Wildman–Crippen LogP) is 4.37. The highest BCUT2D eigenvalue weighted by Gasteiger charge is 2.18. The lowest BCUT2D eigenvalue weighted by atomic mass is 9.98. The van der Waals surface area contributed by atoms with Crippen LogP contribution in [-0.4, -0.2) is 7.05 Å². The second kappa shape index (κ2) is 6.41. The third kappa shape index (κ3) is 3.04. The largest absolute Gasteiger partial charge is 0.313 e. The molecule has 2 rings (SSSR count). The summed E-state index contributed by atoms with van der Waals surface area (Å²) < 4.78 is 40.9. The summed E-state index contributed by atoms with van der Waals surface area (Å²) in [5.41, 5.74) is 0.914. The second-order valence-electron chi connectivity index (χ2n) is 4.40. The Morgan fingerprint density at radius 2 is 1.70 bits per heavy atom. The maximum Gasteiger partial charge on any atom is 0.163 e. The van der Waals surface area contributed by atoms with Crippen molar-refractivity contribution < 1.29 is 13.2 Å². The van der Waals surface area contributed by atoms with Crippen LogP contribution in [0, 0.1) is 17.5 Å². The van der Waals surface area contributed by atoms with Gasteiger partial charge in [-0.05, 0) is 47.1 Å². The first kappa shape index (κ1) is 15.1. The van der Waals surface area contributed by atoms with Gasteiger partial charge in [0.05, 0.1) is 4.47 Å². The predicted molar refractivity (Wildman–Crippen MR) is 76.0 cm³/mol. The highest BCUT2D eigenvalue weighted by molar-refractivity contribution is 9.10. The number of halogens is 4. The van der Waals surface area contributed by atoms with Crippen molar-refractivity contribution in [2.75, 3.05) is 7.05 Å². The molecule has 5 heteroatoms. The van der Waals surface area contributed by atoms with Gasteiger partial charge in [0.15, 0.2) is 11.6 Å². The number of benzene rings is 2. The molecule has 20 heavy (non-hydrogen) atoms. The molecule has 1 N–H and O–H groups in total. The summed E-state index contributed by atoms with van der Waals surface area (Å²) in [4.78, 5) is 0. The molecule has 1 atom stereocenters. The molecule has 2 aromatic carbocycles. The SMILES string of the molecule is CNC(Cc1cccc(F)c1Br)c1cccc(F)c1F. The first-order valence-corrected chi connectivity index (χ1v) is 6.88. The molecule has 0 saturated heterocycles. The summed E-state index contributed by atoms with van der Waals surface area (Å²) in [5.74, 6) is -2.14. The van der Waals surface area contributed by atoms with E-state index in [1.165, 1.54) is 18.2 Å². The Balaban J connectivity index is 2.34. The fraction of sp³-hybridized carbons (Fsp3) is 0.200. The highest BCUT2D eigenvalue weighted by atomic mass is 79.9. The zero-order chi connectivity index (χ0) is 14.7. The monoisotopic (exact) mass is 343 g/mol. The minimum Gasteiger partial charge on any atom is -0.313 e. The summed E-state index contributed by atoms with van der Waals surface area (Å²) in [5, 5.41) is 2.93. The Kier molecular flexibility index (Phi) is 4.83. The quantitative estimate of drug-likeness (QED) is 0.869. The van der Waals surface area contributed by atoms with Crippen molar-refractivity contribution in [3.05, 3.63) is 69.4 Å². The van der Waals surface area contributed by atoms with Crippen molar-refractivity contribution in [1.29, 1.82) is 0 Å². The van der Waals surface area contributed by atoms with Gasteiger partial charge in [-0.2, -0.15) is 0 Å². The number of hydrogen-bond donors (Lipinski definition) is 1. The van der Waals surface area contributed by atoms with Crippen molar-refractivity contribution in [3.63, 3.8) is 0 Å². The van der Waals surface area contributed by atoms with E-state index in [-0.39, 0.29) is 11.4 Å². The lowest BCUT2D eigenvalue weighted by molar-refractivity contribution is 0.472. The van der Waals surface area contributed by atoms with Crippen molar-refractivity contribution in [3.8, 4) is 0 Å². The van der Waals surface area contributed by atoms with Crippen LogP contribution >= 0.6 is 15.9 Å². The number of rotatable bonds is 4. The van der Waals surface area contributed by atoms with Crippen LogP contribution in [0.2, 0.25) is 0 Å². The molecule has 0 heterocycles. The van der Waals surface area contributed by atoms with E-state index in [4.69, 9.17) is 0 Å². The maximum atomic E-state index is 13.8. The van der Waals surface area contributed by atoms with Crippen LogP contribution in [-0.2, 0) is 6.42 Å². The fourth-order valence-electron chi connectivity index (χ4n) is 2.08. The molecule has 0 saturated carbocycles. The standard InChI is InChI=1S/C15H13BrF3N/c1-20-13(10-5-3-7-12(18)15(10)19)8-9-4-2-6-11(17)14(9)16/h2-7,13,20H,8H2,1H3. The number of nitrogens with one attached hydrogen (secondary N) is 1. The van der Waals surface area contributed by atoms with Gasteiger partial charge in [0.2, 0.25) is 0 Å². The van der Waals surface area contributed by atoms with Gasteiger partial charge in [-0.25, -0.2) is 13.2 Å². The third-order valence-corrected chi connectivity index (χ3v) is 4.05. The molecule has 0 amide bonds. The van der Waals surface area contributed by atoms with Crippen LogP contribution in [0.25, 0.3) is 0 Å². The minimum absolute atomic E-state index is 0.226. The average molecular weight is 344 g/mol.